The van der Waals surface area contributed by atoms with Gasteiger partial charge < -0.3 is 10.0 Å². The molecule has 0 spiro atoms. The van der Waals surface area contributed by atoms with E-state index in [0.29, 0.717) is 11.5 Å². The number of para-hydroxylation sites is 1. The first kappa shape index (κ1) is 26.5. The molecule has 0 fully saturated rings. The Morgan fingerprint density at radius 2 is 1.51 bits per heavy atom. The van der Waals surface area contributed by atoms with E-state index in [1.165, 1.54) is 22.5 Å². The van der Waals surface area contributed by atoms with Crippen molar-refractivity contribution < 1.29 is 21.9 Å². The molecule has 0 atom stereocenters. The normalized spacial score (nSPS) is 16.4. The Kier molecular flexibility index (Phi) is 8.70. The molecule has 1 aliphatic heterocycles. The number of aliphatic hydroxyl groups is 1. The maximum absolute atomic E-state index is 10.4. The van der Waals surface area contributed by atoms with Crippen LogP contribution in [0.4, 0.5) is 5.69 Å². The second-order valence-electron chi connectivity index (χ2n) is 9.72. The molecule has 1 aliphatic rings. The van der Waals surface area contributed by atoms with E-state index in [9.17, 15) is 5.11 Å². The van der Waals surface area contributed by atoms with Crippen LogP contribution in [0.2, 0.25) is 0 Å². The smallest absolute Gasteiger partial charge is 0.238 e. The van der Waals surface area contributed by atoms with Gasteiger partial charge in [0.25, 0.3) is 0 Å². The van der Waals surface area contributed by atoms with E-state index in [2.05, 4.69) is 91.3 Å². The minimum Gasteiger partial charge on any atom is -0.492 e. The third-order valence-corrected chi connectivity index (χ3v) is 6.22. The average molecular weight is 511 g/mol. The fourth-order valence-electron chi connectivity index (χ4n) is 4.76. The van der Waals surface area contributed by atoms with Gasteiger partial charge in [0.05, 0.1) is 6.21 Å². The maximum Gasteiger partial charge on any atom is 0.238 e. The largest absolute Gasteiger partial charge is 0.492 e. The van der Waals surface area contributed by atoms with Crippen molar-refractivity contribution in [2.24, 2.45) is 16.1 Å². The molecule has 0 aliphatic carbocycles. The SMILES string of the molecule is CC(C)CN1\C(=C(/C=N/N=C(\O)c2ccccc2)Cc2ccccc2)C(C)(C)c2ccccc21.[Co]. The third-order valence-electron chi connectivity index (χ3n) is 6.22. The summed E-state index contributed by atoms with van der Waals surface area (Å²) in [6, 6.07) is 28.4. The number of benzene rings is 3. The predicted molar refractivity (Wildman–Crippen MR) is 143 cm³/mol. The monoisotopic (exact) mass is 510 g/mol. The van der Waals surface area contributed by atoms with Crippen LogP contribution in [0.3, 0.4) is 0 Å². The number of fused-ring (bicyclic) bond motifs is 1. The topological polar surface area (TPSA) is 48.2 Å². The molecule has 3 aromatic carbocycles. The first-order valence-electron chi connectivity index (χ1n) is 11.9. The van der Waals surface area contributed by atoms with Crippen molar-refractivity contribution in [3.63, 3.8) is 0 Å². The van der Waals surface area contributed by atoms with E-state index in [1.54, 1.807) is 0 Å². The summed E-state index contributed by atoms with van der Waals surface area (Å²) in [7, 11) is 0. The summed E-state index contributed by atoms with van der Waals surface area (Å²) in [5, 5.41) is 18.9. The molecule has 0 bridgehead atoms. The van der Waals surface area contributed by atoms with Gasteiger partial charge in [-0.15, -0.1) is 5.10 Å². The van der Waals surface area contributed by atoms with Crippen LogP contribution in [-0.4, -0.2) is 23.8 Å². The Bertz CT molecular complexity index is 1210. The van der Waals surface area contributed by atoms with Crippen molar-refractivity contribution in [2.45, 2.75) is 39.5 Å². The molecular weight excluding hydrogens is 477 g/mol. The molecule has 0 amide bonds. The van der Waals surface area contributed by atoms with Crippen molar-refractivity contribution >= 4 is 17.8 Å². The second-order valence-corrected chi connectivity index (χ2v) is 9.72. The van der Waals surface area contributed by atoms with Crippen LogP contribution >= 0.6 is 0 Å². The molecule has 1 radical (unpaired) electrons. The van der Waals surface area contributed by atoms with Crippen LogP contribution in [0, 0.1) is 5.92 Å². The summed E-state index contributed by atoms with van der Waals surface area (Å²) in [5.41, 5.74) is 6.58. The first-order chi connectivity index (χ1) is 16.4. The number of allylic oxidation sites excluding steroid dienone is 2. The fraction of sp³-hybridized carbons (Fsp3) is 0.267. The number of nitrogens with zero attached hydrogens (tertiary/aromatic N) is 3. The molecule has 4 nitrogen and oxygen atoms in total. The molecule has 0 unspecified atom stereocenters. The molecule has 1 N–H and O–H groups in total. The van der Waals surface area contributed by atoms with Crippen molar-refractivity contribution in [3.05, 3.63) is 113 Å². The summed E-state index contributed by atoms with van der Waals surface area (Å²) in [4.78, 5) is 2.45. The Hall–Kier alpha value is -3.15. The molecule has 183 valence electrons. The van der Waals surface area contributed by atoms with E-state index in [0.717, 1.165) is 18.5 Å². The van der Waals surface area contributed by atoms with Crippen LogP contribution in [0.15, 0.2) is 106 Å². The Labute approximate surface area is 219 Å². The quantitative estimate of drug-likeness (QED) is 0.213. The average Bonchev–Trinajstić information content (AvgIpc) is 3.05. The summed E-state index contributed by atoms with van der Waals surface area (Å²) in [5.74, 6) is 0.404. The van der Waals surface area contributed by atoms with Crippen LogP contribution in [0.5, 0.6) is 0 Å². The molecule has 3 aromatic rings. The summed E-state index contributed by atoms with van der Waals surface area (Å²) >= 11 is 0. The molecule has 35 heavy (non-hydrogen) atoms. The number of hydrogen-bond acceptors (Lipinski definition) is 3. The van der Waals surface area contributed by atoms with Gasteiger partial charge in [0, 0.05) is 52.1 Å². The summed E-state index contributed by atoms with van der Waals surface area (Å²) < 4.78 is 0. The minimum atomic E-state index is -0.188. The zero-order chi connectivity index (χ0) is 24.1. The van der Waals surface area contributed by atoms with E-state index in [4.69, 9.17) is 0 Å². The van der Waals surface area contributed by atoms with Gasteiger partial charge in [-0.05, 0) is 40.8 Å². The van der Waals surface area contributed by atoms with Crippen molar-refractivity contribution in [3.8, 4) is 0 Å². The zero-order valence-corrected chi connectivity index (χ0v) is 21.8. The van der Waals surface area contributed by atoms with Crippen molar-refractivity contribution in [2.75, 3.05) is 11.4 Å². The fourth-order valence-corrected chi connectivity index (χ4v) is 4.76. The van der Waals surface area contributed by atoms with Gasteiger partial charge in [-0.25, -0.2) is 0 Å². The number of rotatable bonds is 7. The summed E-state index contributed by atoms with van der Waals surface area (Å²) in [6.07, 6.45) is 2.55. The van der Waals surface area contributed by atoms with Crippen LogP contribution in [0.1, 0.15) is 44.4 Å². The van der Waals surface area contributed by atoms with Gasteiger partial charge in [0.2, 0.25) is 5.90 Å². The zero-order valence-electron chi connectivity index (χ0n) is 20.8. The van der Waals surface area contributed by atoms with E-state index in [1.807, 2.05) is 42.6 Å². The molecule has 5 heteroatoms. The Morgan fingerprint density at radius 3 is 2.17 bits per heavy atom. The standard InChI is InChI=1S/C30H33N3O.Co/c1-22(2)21-33-27-18-12-11-17-26(27)30(3,4)28(33)25(19-23-13-7-5-8-14-23)20-31-32-29(34)24-15-9-6-10-16-24;/h5-18,20,22H,19,21H2,1-4H3,(H,32,34);/b28-25-,31-20+;. The molecule has 0 aromatic heterocycles. The van der Waals surface area contributed by atoms with Gasteiger partial charge in [0.1, 0.15) is 0 Å². The number of aliphatic hydroxyl groups excluding tert-OH is 1. The van der Waals surface area contributed by atoms with Gasteiger partial charge >= 0.3 is 0 Å². The molecule has 0 saturated carbocycles. The molecule has 1 heterocycles. The number of anilines is 1. The second kappa shape index (κ2) is 11.5. The summed E-state index contributed by atoms with van der Waals surface area (Å²) in [6.45, 7) is 9.98. The Morgan fingerprint density at radius 1 is 0.914 bits per heavy atom. The third kappa shape index (κ3) is 5.92. The minimum absolute atomic E-state index is 0. The van der Waals surface area contributed by atoms with Gasteiger partial charge in [-0.3, -0.25) is 0 Å². The van der Waals surface area contributed by atoms with E-state index in [-0.39, 0.29) is 28.1 Å². The van der Waals surface area contributed by atoms with Crippen molar-refractivity contribution in [1.29, 1.82) is 0 Å². The number of hydrogen-bond donors (Lipinski definition) is 1. The van der Waals surface area contributed by atoms with E-state index < -0.39 is 0 Å². The van der Waals surface area contributed by atoms with E-state index >= 15 is 0 Å². The molecule has 0 saturated heterocycles. The van der Waals surface area contributed by atoms with Gasteiger partial charge in [-0.1, -0.05) is 94.4 Å². The van der Waals surface area contributed by atoms with Crippen molar-refractivity contribution in [1.82, 2.24) is 0 Å². The van der Waals surface area contributed by atoms with Crippen LogP contribution < -0.4 is 4.90 Å². The van der Waals surface area contributed by atoms with Gasteiger partial charge in [0.15, 0.2) is 0 Å². The van der Waals surface area contributed by atoms with Crippen LogP contribution in [0.25, 0.3) is 0 Å². The first-order valence-corrected chi connectivity index (χ1v) is 11.9. The molecular formula is C30H33CoN3O. The Balaban J connectivity index is 0.00000342. The predicted octanol–water partition coefficient (Wildman–Crippen LogP) is 6.93. The maximum atomic E-state index is 10.4. The van der Waals surface area contributed by atoms with Gasteiger partial charge in [-0.2, -0.15) is 5.10 Å². The van der Waals surface area contributed by atoms with Crippen LogP contribution in [-0.2, 0) is 28.6 Å². The molecule has 4 rings (SSSR count).